The molecule has 0 atom stereocenters. The zero-order valence-electron chi connectivity index (χ0n) is 10.0. The van der Waals surface area contributed by atoms with Crippen molar-refractivity contribution in [2.24, 2.45) is 0 Å². The van der Waals surface area contributed by atoms with Gasteiger partial charge in [-0.15, -0.1) is 11.3 Å². The van der Waals surface area contributed by atoms with Gasteiger partial charge in [0.15, 0.2) is 0 Å². The lowest BCUT2D eigenvalue weighted by Gasteiger charge is -2.06. The summed E-state index contributed by atoms with van der Waals surface area (Å²) in [5, 5.41) is 0.597. The second-order valence-electron chi connectivity index (χ2n) is 4.00. The van der Waals surface area contributed by atoms with Gasteiger partial charge in [-0.3, -0.25) is 4.98 Å². The fourth-order valence-electron chi connectivity index (χ4n) is 1.55. The summed E-state index contributed by atoms with van der Waals surface area (Å²) in [5.74, 6) is -0.0349. The Labute approximate surface area is 121 Å². The average molecular weight is 317 g/mol. The van der Waals surface area contributed by atoms with E-state index in [2.05, 4.69) is 9.71 Å². The van der Waals surface area contributed by atoms with Gasteiger partial charge in [0.1, 0.15) is 0 Å². The van der Waals surface area contributed by atoms with Gasteiger partial charge in [0.05, 0.1) is 11.3 Å². The topological polar surface area (TPSA) is 59.1 Å². The predicted molar refractivity (Wildman–Crippen MR) is 77.9 cm³/mol. The first-order valence-electron chi connectivity index (χ1n) is 5.64. The molecule has 0 radical (unpaired) electrons. The van der Waals surface area contributed by atoms with Gasteiger partial charge in [0.25, 0.3) is 0 Å². The SMILES string of the molecule is O=S(=O)(Cc1ccc(Cl)cc1)NCCc1cncs1. The first-order valence-corrected chi connectivity index (χ1v) is 8.55. The minimum Gasteiger partial charge on any atom is -0.253 e. The van der Waals surface area contributed by atoms with Gasteiger partial charge < -0.3 is 0 Å². The van der Waals surface area contributed by atoms with Gasteiger partial charge in [-0.25, -0.2) is 13.1 Å². The van der Waals surface area contributed by atoms with E-state index in [1.807, 2.05) is 0 Å². The largest absolute Gasteiger partial charge is 0.253 e. The minimum absolute atomic E-state index is 0.0349. The van der Waals surface area contributed by atoms with Gasteiger partial charge in [0, 0.05) is 22.6 Å². The summed E-state index contributed by atoms with van der Waals surface area (Å²) in [5.41, 5.74) is 2.45. The van der Waals surface area contributed by atoms with Crippen LogP contribution in [0.1, 0.15) is 10.4 Å². The summed E-state index contributed by atoms with van der Waals surface area (Å²) in [7, 11) is -3.31. The van der Waals surface area contributed by atoms with Crippen LogP contribution in [-0.4, -0.2) is 19.9 Å². The summed E-state index contributed by atoms with van der Waals surface area (Å²) >= 11 is 7.27. The number of thiazole rings is 1. The molecule has 0 bridgehead atoms. The maximum absolute atomic E-state index is 11.9. The molecule has 2 aromatic rings. The van der Waals surface area contributed by atoms with Crippen LogP contribution in [0.15, 0.2) is 36.0 Å². The average Bonchev–Trinajstić information content (AvgIpc) is 2.85. The Bertz CT molecular complexity index is 610. The van der Waals surface area contributed by atoms with Gasteiger partial charge in [0.2, 0.25) is 10.0 Å². The van der Waals surface area contributed by atoms with Gasteiger partial charge in [-0.05, 0) is 24.1 Å². The van der Waals surface area contributed by atoms with Crippen LogP contribution in [0.3, 0.4) is 0 Å². The quantitative estimate of drug-likeness (QED) is 0.890. The first kappa shape index (κ1) is 14.5. The number of benzene rings is 1. The Balaban J connectivity index is 1.86. The predicted octanol–water partition coefficient (Wildman–Crippen LogP) is 2.46. The number of nitrogens with one attached hydrogen (secondary N) is 1. The van der Waals surface area contributed by atoms with E-state index in [-0.39, 0.29) is 5.75 Å². The molecule has 1 N–H and O–H groups in total. The molecule has 0 spiro atoms. The Morgan fingerprint density at radius 3 is 2.63 bits per heavy atom. The van der Waals surface area contributed by atoms with E-state index in [0.29, 0.717) is 18.0 Å². The molecule has 0 fully saturated rings. The zero-order valence-corrected chi connectivity index (χ0v) is 12.4. The van der Waals surface area contributed by atoms with E-state index >= 15 is 0 Å². The lowest BCUT2D eigenvalue weighted by Crippen LogP contribution is -2.27. The van der Waals surface area contributed by atoms with Crippen LogP contribution in [-0.2, 0) is 22.2 Å². The fraction of sp³-hybridized carbons (Fsp3) is 0.250. The number of sulfonamides is 1. The molecule has 4 nitrogen and oxygen atoms in total. The van der Waals surface area contributed by atoms with Crippen molar-refractivity contribution in [1.82, 2.24) is 9.71 Å². The summed E-state index contributed by atoms with van der Waals surface area (Å²) in [6.45, 7) is 0.387. The molecule has 0 unspecified atom stereocenters. The van der Waals surface area contributed by atoms with E-state index in [0.717, 1.165) is 10.4 Å². The molecule has 0 amide bonds. The molecule has 0 aliphatic carbocycles. The molecule has 0 aliphatic rings. The minimum atomic E-state index is -3.31. The Hall–Kier alpha value is -0.950. The molecule has 19 heavy (non-hydrogen) atoms. The molecule has 0 saturated heterocycles. The molecule has 102 valence electrons. The third-order valence-electron chi connectivity index (χ3n) is 2.45. The number of hydrogen-bond donors (Lipinski definition) is 1. The smallest absolute Gasteiger partial charge is 0.215 e. The molecule has 0 saturated carbocycles. The number of hydrogen-bond acceptors (Lipinski definition) is 4. The second kappa shape index (κ2) is 6.47. The van der Waals surface area contributed by atoms with Crippen LogP contribution in [0.5, 0.6) is 0 Å². The Kier molecular flexibility index (Phi) is 4.93. The van der Waals surface area contributed by atoms with Gasteiger partial charge in [-0.1, -0.05) is 23.7 Å². The highest BCUT2D eigenvalue weighted by atomic mass is 35.5. The molecular formula is C12H13ClN2O2S2. The van der Waals surface area contributed by atoms with Gasteiger partial charge in [-0.2, -0.15) is 0 Å². The Morgan fingerprint density at radius 2 is 2.00 bits per heavy atom. The van der Waals surface area contributed by atoms with E-state index in [9.17, 15) is 8.42 Å². The van der Waals surface area contributed by atoms with Crippen molar-refractivity contribution in [2.45, 2.75) is 12.2 Å². The van der Waals surface area contributed by atoms with Crippen LogP contribution in [0.4, 0.5) is 0 Å². The van der Waals surface area contributed by atoms with Crippen molar-refractivity contribution < 1.29 is 8.42 Å². The Morgan fingerprint density at radius 1 is 1.26 bits per heavy atom. The van der Waals surface area contributed by atoms with Crippen LogP contribution in [0.2, 0.25) is 5.02 Å². The first-order chi connectivity index (χ1) is 9.05. The van der Waals surface area contributed by atoms with E-state index < -0.39 is 10.0 Å². The third kappa shape index (κ3) is 4.91. The lowest BCUT2D eigenvalue weighted by atomic mass is 10.2. The van der Waals surface area contributed by atoms with Crippen molar-refractivity contribution in [3.63, 3.8) is 0 Å². The molecule has 1 aromatic carbocycles. The second-order valence-corrected chi connectivity index (χ2v) is 7.21. The number of halogens is 1. The van der Waals surface area contributed by atoms with Crippen molar-refractivity contribution >= 4 is 33.0 Å². The molecule has 2 rings (SSSR count). The number of nitrogens with zero attached hydrogens (tertiary/aromatic N) is 1. The standard InChI is InChI=1S/C12H13ClN2O2S2/c13-11-3-1-10(2-4-11)8-19(16,17)15-6-5-12-7-14-9-18-12/h1-4,7,9,15H,5-6,8H2. The highest BCUT2D eigenvalue weighted by Gasteiger charge is 2.11. The number of rotatable bonds is 6. The molecular weight excluding hydrogens is 304 g/mol. The van der Waals surface area contributed by atoms with Crippen LogP contribution in [0.25, 0.3) is 0 Å². The number of aromatic nitrogens is 1. The van der Waals surface area contributed by atoms with Gasteiger partial charge >= 0.3 is 0 Å². The van der Waals surface area contributed by atoms with Crippen molar-refractivity contribution in [2.75, 3.05) is 6.54 Å². The van der Waals surface area contributed by atoms with E-state index in [4.69, 9.17) is 11.6 Å². The molecule has 0 aliphatic heterocycles. The molecule has 1 aromatic heterocycles. The van der Waals surface area contributed by atoms with Crippen molar-refractivity contribution in [1.29, 1.82) is 0 Å². The third-order valence-corrected chi connectivity index (χ3v) is 4.90. The fourth-order valence-corrected chi connectivity index (χ4v) is 3.42. The van der Waals surface area contributed by atoms with Crippen LogP contribution < -0.4 is 4.72 Å². The van der Waals surface area contributed by atoms with Crippen molar-refractivity contribution in [3.8, 4) is 0 Å². The normalized spacial score (nSPS) is 11.6. The van der Waals surface area contributed by atoms with E-state index in [1.54, 1.807) is 36.0 Å². The molecule has 1 heterocycles. The van der Waals surface area contributed by atoms with Crippen LogP contribution in [0, 0.1) is 0 Å². The maximum Gasteiger partial charge on any atom is 0.215 e. The molecule has 7 heteroatoms. The highest BCUT2D eigenvalue weighted by molar-refractivity contribution is 7.88. The van der Waals surface area contributed by atoms with Crippen molar-refractivity contribution in [3.05, 3.63) is 51.4 Å². The summed E-state index contributed by atoms with van der Waals surface area (Å²) in [6, 6.07) is 6.79. The summed E-state index contributed by atoms with van der Waals surface area (Å²) in [6.07, 6.45) is 2.41. The lowest BCUT2D eigenvalue weighted by molar-refractivity contribution is 0.581. The van der Waals surface area contributed by atoms with Crippen LogP contribution >= 0.6 is 22.9 Å². The van der Waals surface area contributed by atoms with E-state index in [1.165, 1.54) is 11.3 Å². The monoisotopic (exact) mass is 316 g/mol. The summed E-state index contributed by atoms with van der Waals surface area (Å²) in [4.78, 5) is 5.01. The zero-order chi connectivity index (χ0) is 13.7. The maximum atomic E-state index is 11.9. The summed E-state index contributed by atoms with van der Waals surface area (Å²) < 4.78 is 26.3. The highest BCUT2D eigenvalue weighted by Crippen LogP contribution is 2.12.